The van der Waals surface area contributed by atoms with Crippen LogP contribution in [0.25, 0.3) is 6.08 Å². The highest BCUT2D eigenvalue weighted by Gasteiger charge is 2.26. The van der Waals surface area contributed by atoms with Crippen LogP contribution < -0.4 is 14.2 Å². The van der Waals surface area contributed by atoms with Gasteiger partial charge in [0.05, 0.1) is 24.8 Å². The number of nitrogens with zero attached hydrogens (tertiary/aromatic N) is 1. The normalized spacial score (nSPS) is 12.2. The first kappa shape index (κ1) is 25.2. The summed E-state index contributed by atoms with van der Waals surface area (Å²) in [6.45, 7) is 1.60. The molecule has 0 heterocycles. The Morgan fingerprint density at radius 2 is 1.69 bits per heavy atom. The number of carboxylic acids is 1. The van der Waals surface area contributed by atoms with E-state index in [9.17, 15) is 21.6 Å². The van der Waals surface area contributed by atoms with Crippen molar-refractivity contribution in [1.29, 1.82) is 0 Å². The maximum absolute atomic E-state index is 13.2. The highest BCUT2D eigenvalue weighted by Crippen LogP contribution is 2.37. The summed E-state index contributed by atoms with van der Waals surface area (Å²) in [5.74, 6) is -1.24. The van der Waals surface area contributed by atoms with E-state index in [0.29, 0.717) is 5.56 Å². The molecule has 0 unspecified atom stereocenters. The fraction of sp³-hybridized carbons (Fsp3) is 0.250. The van der Waals surface area contributed by atoms with Gasteiger partial charge in [0.1, 0.15) is 4.90 Å². The first-order chi connectivity index (χ1) is 14.8. The lowest BCUT2D eigenvalue weighted by atomic mass is 10.2. The molecule has 32 heavy (non-hydrogen) atoms. The number of benzene rings is 2. The standard InChI is InChI=1S/C20H24N2O8S2/c1-13-6-8-15(12-17(13)32(27,28)22(2)3)21-31(25,26)18-11-14(7-9-19(23)24)10-16(29-4)20(18)30-5/h6-12,21H,1-5H3,(H,23,24)/b9-7+. The molecule has 2 aromatic carbocycles. The third-order valence-electron chi connectivity index (χ3n) is 4.37. The molecule has 0 amide bonds. The molecule has 0 saturated carbocycles. The molecule has 2 aromatic rings. The Hall–Kier alpha value is -3.09. The second kappa shape index (κ2) is 9.59. The average molecular weight is 485 g/mol. The van der Waals surface area contributed by atoms with E-state index in [1.807, 2.05) is 0 Å². The second-order valence-corrected chi connectivity index (χ2v) is 10.6. The number of ether oxygens (including phenoxy) is 2. The Bertz CT molecular complexity index is 1270. The molecule has 0 aliphatic carbocycles. The summed E-state index contributed by atoms with van der Waals surface area (Å²) < 4.78 is 65.2. The van der Waals surface area contributed by atoms with Gasteiger partial charge in [-0.25, -0.2) is 25.9 Å². The number of methoxy groups -OCH3 is 2. The number of hydrogen-bond acceptors (Lipinski definition) is 7. The first-order valence-electron chi connectivity index (χ1n) is 9.06. The van der Waals surface area contributed by atoms with Gasteiger partial charge in [-0.3, -0.25) is 4.72 Å². The van der Waals surface area contributed by atoms with Crippen LogP contribution in [0.5, 0.6) is 11.5 Å². The summed E-state index contributed by atoms with van der Waals surface area (Å²) in [4.78, 5) is 10.5. The second-order valence-electron chi connectivity index (χ2n) is 6.80. The fourth-order valence-electron chi connectivity index (χ4n) is 2.76. The molecule has 2 rings (SSSR count). The van der Waals surface area contributed by atoms with Gasteiger partial charge in [0.25, 0.3) is 10.0 Å². The molecule has 0 aromatic heterocycles. The number of carboxylic acid groups (broad SMARTS) is 1. The molecule has 0 aliphatic rings. The molecule has 2 N–H and O–H groups in total. The lowest BCUT2D eigenvalue weighted by Crippen LogP contribution is -2.23. The fourth-order valence-corrected chi connectivity index (χ4v) is 5.17. The van der Waals surface area contributed by atoms with Gasteiger partial charge in [-0.1, -0.05) is 6.07 Å². The summed E-state index contributed by atoms with van der Waals surface area (Å²) >= 11 is 0. The largest absolute Gasteiger partial charge is 0.493 e. The summed E-state index contributed by atoms with van der Waals surface area (Å²) in [5.41, 5.74) is 0.704. The van der Waals surface area contributed by atoms with Crippen molar-refractivity contribution in [2.75, 3.05) is 33.0 Å². The highest BCUT2D eigenvalue weighted by atomic mass is 32.2. The number of anilines is 1. The zero-order valence-corrected chi connectivity index (χ0v) is 19.7. The van der Waals surface area contributed by atoms with Crippen molar-refractivity contribution < 1.29 is 36.2 Å². The van der Waals surface area contributed by atoms with Gasteiger partial charge in [-0.2, -0.15) is 0 Å². The smallest absolute Gasteiger partial charge is 0.328 e. The minimum absolute atomic E-state index is 0.0172. The van der Waals surface area contributed by atoms with Gasteiger partial charge in [0.2, 0.25) is 10.0 Å². The molecule has 0 atom stereocenters. The number of carbonyl (C=O) groups is 1. The van der Waals surface area contributed by atoms with E-state index in [1.165, 1.54) is 64.7 Å². The Kier molecular flexibility index (Phi) is 7.54. The van der Waals surface area contributed by atoms with Crippen LogP contribution >= 0.6 is 0 Å². The zero-order chi connectivity index (χ0) is 24.3. The molecular formula is C20H24N2O8S2. The maximum Gasteiger partial charge on any atom is 0.328 e. The Morgan fingerprint density at radius 1 is 1.03 bits per heavy atom. The molecule has 0 aliphatic heterocycles. The van der Waals surface area contributed by atoms with Gasteiger partial charge in [0, 0.05) is 20.2 Å². The predicted octanol–water partition coefficient (Wildman–Crippen LogP) is 2.16. The SMILES string of the molecule is COc1cc(/C=C/C(=O)O)cc(S(=O)(=O)Nc2ccc(C)c(S(=O)(=O)N(C)C)c2)c1OC. The van der Waals surface area contributed by atoms with Crippen LogP contribution in [-0.2, 0) is 24.8 Å². The predicted molar refractivity (Wildman–Crippen MR) is 119 cm³/mol. The third-order valence-corrected chi connectivity index (χ3v) is 7.72. The third kappa shape index (κ3) is 5.39. The molecule has 0 radical (unpaired) electrons. The van der Waals surface area contributed by atoms with Crippen molar-refractivity contribution >= 4 is 37.8 Å². The van der Waals surface area contributed by atoms with Crippen LogP contribution in [0.15, 0.2) is 46.2 Å². The molecule has 10 nitrogen and oxygen atoms in total. The highest BCUT2D eigenvalue weighted by molar-refractivity contribution is 7.92. The minimum Gasteiger partial charge on any atom is -0.493 e. The Balaban J connectivity index is 2.62. The Labute approximate surface area is 187 Å². The number of aryl methyl sites for hydroxylation is 1. The van der Waals surface area contributed by atoms with Gasteiger partial charge in [-0.15, -0.1) is 0 Å². The minimum atomic E-state index is -4.29. The van der Waals surface area contributed by atoms with Gasteiger partial charge < -0.3 is 14.6 Å². The molecule has 0 saturated heterocycles. The van der Waals surface area contributed by atoms with Crippen LogP contribution in [-0.4, -0.2) is 60.5 Å². The number of rotatable bonds is 9. The molecule has 174 valence electrons. The molecule has 0 fully saturated rings. The van der Waals surface area contributed by atoms with E-state index < -0.39 is 26.0 Å². The van der Waals surface area contributed by atoms with Crippen molar-refractivity contribution in [3.05, 3.63) is 47.5 Å². The van der Waals surface area contributed by atoms with E-state index in [4.69, 9.17) is 14.6 Å². The first-order valence-corrected chi connectivity index (χ1v) is 12.0. The van der Waals surface area contributed by atoms with E-state index in [0.717, 1.165) is 10.4 Å². The van der Waals surface area contributed by atoms with Crippen LogP contribution in [0.2, 0.25) is 0 Å². The number of sulfonamides is 2. The van der Waals surface area contributed by atoms with Gasteiger partial charge >= 0.3 is 5.97 Å². The lowest BCUT2D eigenvalue weighted by Gasteiger charge is -2.17. The maximum atomic E-state index is 13.2. The van der Waals surface area contributed by atoms with Crippen molar-refractivity contribution in [3.8, 4) is 11.5 Å². The number of nitrogens with one attached hydrogen (secondary N) is 1. The summed E-state index contributed by atoms with van der Waals surface area (Å²) in [5, 5.41) is 8.85. The lowest BCUT2D eigenvalue weighted by molar-refractivity contribution is -0.131. The van der Waals surface area contributed by atoms with Crippen LogP contribution in [0, 0.1) is 6.92 Å². The number of hydrogen-bond donors (Lipinski definition) is 2. The van der Waals surface area contributed by atoms with Crippen molar-refractivity contribution in [1.82, 2.24) is 4.31 Å². The van der Waals surface area contributed by atoms with E-state index in [2.05, 4.69) is 4.72 Å². The molecule has 12 heteroatoms. The molecule has 0 bridgehead atoms. The quantitative estimate of drug-likeness (QED) is 0.516. The monoisotopic (exact) mass is 484 g/mol. The van der Waals surface area contributed by atoms with Crippen molar-refractivity contribution in [2.45, 2.75) is 16.7 Å². The Morgan fingerprint density at radius 3 is 2.22 bits per heavy atom. The molecular weight excluding hydrogens is 460 g/mol. The molecule has 0 spiro atoms. The van der Waals surface area contributed by atoms with Crippen LogP contribution in [0.4, 0.5) is 5.69 Å². The van der Waals surface area contributed by atoms with E-state index in [1.54, 1.807) is 6.92 Å². The van der Waals surface area contributed by atoms with Crippen LogP contribution in [0.3, 0.4) is 0 Å². The summed E-state index contributed by atoms with van der Waals surface area (Å²) in [6.07, 6.45) is 2.06. The van der Waals surface area contributed by atoms with Crippen molar-refractivity contribution in [3.63, 3.8) is 0 Å². The van der Waals surface area contributed by atoms with Gasteiger partial charge in [-0.05, 0) is 48.4 Å². The van der Waals surface area contributed by atoms with E-state index >= 15 is 0 Å². The number of aliphatic carboxylic acids is 1. The summed E-state index contributed by atoms with van der Waals surface area (Å²) in [7, 11) is -2.78. The van der Waals surface area contributed by atoms with Gasteiger partial charge in [0.15, 0.2) is 11.5 Å². The van der Waals surface area contributed by atoms with E-state index in [-0.39, 0.29) is 32.5 Å². The summed E-state index contributed by atoms with van der Waals surface area (Å²) in [6, 6.07) is 6.78. The van der Waals surface area contributed by atoms with Crippen LogP contribution in [0.1, 0.15) is 11.1 Å². The zero-order valence-electron chi connectivity index (χ0n) is 18.1. The van der Waals surface area contributed by atoms with Crippen molar-refractivity contribution in [2.24, 2.45) is 0 Å². The average Bonchev–Trinajstić information content (AvgIpc) is 2.72. The topological polar surface area (TPSA) is 139 Å².